The molecule has 0 unspecified atom stereocenters. The Morgan fingerprint density at radius 2 is 1.76 bits per heavy atom. The number of sulfonamides is 1. The summed E-state index contributed by atoms with van der Waals surface area (Å²) in [5.41, 5.74) is 0. The standard InChI is InChI=1S/C15H30N2O3S/c1-13(2)10-11-17(21(3,19)20)12-15(18)16-14-8-6-4-5-7-9-14/h13-14H,4-12H2,1-3H3,(H,16,18). The molecule has 1 aliphatic carbocycles. The van der Waals surface area contributed by atoms with Crippen molar-refractivity contribution in [3.05, 3.63) is 0 Å². The van der Waals surface area contributed by atoms with E-state index in [1.54, 1.807) is 0 Å². The fraction of sp³-hybridized carbons (Fsp3) is 0.933. The highest BCUT2D eigenvalue weighted by Gasteiger charge is 2.22. The molecule has 0 bridgehead atoms. The maximum atomic E-state index is 12.1. The molecule has 0 aliphatic heterocycles. The molecule has 5 nitrogen and oxygen atoms in total. The number of carbonyl (C=O) groups excluding carboxylic acids is 1. The van der Waals surface area contributed by atoms with E-state index in [9.17, 15) is 13.2 Å². The molecule has 0 saturated heterocycles. The lowest BCUT2D eigenvalue weighted by Crippen LogP contribution is -2.44. The molecule has 0 atom stereocenters. The third-order valence-electron chi connectivity index (χ3n) is 3.97. The van der Waals surface area contributed by atoms with E-state index >= 15 is 0 Å². The molecule has 6 heteroatoms. The fourth-order valence-corrected chi connectivity index (χ4v) is 3.41. The van der Waals surface area contributed by atoms with Gasteiger partial charge in [-0.05, 0) is 25.2 Å². The van der Waals surface area contributed by atoms with Gasteiger partial charge in [0.05, 0.1) is 12.8 Å². The van der Waals surface area contributed by atoms with Gasteiger partial charge in [-0.1, -0.05) is 39.5 Å². The molecule has 0 aromatic rings. The number of nitrogens with zero attached hydrogens (tertiary/aromatic N) is 1. The maximum absolute atomic E-state index is 12.1. The summed E-state index contributed by atoms with van der Waals surface area (Å²) < 4.78 is 24.8. The minimum absolute atomic E-state index is 0.0535. The Bertz CT molecular complexity index is 413. The van der Waals surface area contributed by atoms with Crippen LogP contribution in [0.15, 0.2) is 0 Å². The van der Waals surface area contributed by atoms with Crippen molar-refractivity contribution in [2.24, 2.45) is 5.92 Å². The summed E-state index contributed by atoms with van der Waals surface area (Å²) in [5, 5.41) is 3.00. The second-order valence-corrected chi connectivity index (χ2v) is 8.52. The number of carbonyl (C=O) groups is 1. The highest BCUT2D eigenvalue weighted by atomic mass is 32.2. The van der Waals surface area contributed by atoms with E-state index in [0.717, 1.165) is 32.1 Å². The van der Waals surface area contributed by atoms with Crippen molar-refractivity contribution in [1.29, 1.82) is 0 Å². The lowest BCUT2D eigenvalue weighted by atomic mass is 10.1. The highest BCUT2D eigenvalue weighted by Crippen LogP contribution is 2.17. The zero-order chi connectivity index (χ0) is 15.9. The number of amides is 1. The van der Waals surface area contributed by atoms with Crippen molar-refractivity contribution < 1.29 is 13.2 Å². The van der Waals surface area contributed by atoms with E-state index < -0.39 is 10.0 Å². The second kappa shape index (κ2) is 8.73. The summed E-state index contributed by atoms with van der Waals surface area (Å²) in [7, 11) is -3.33. The van der Waals surface area contributed by atoms with Gasteiger partial charge < -0.3 is 5.32 Å². The number of hydrogen-bond acceptors (Lipinski definition) is 3. The molecule has 21 heavy (non-hydrogen) atoms. The molecule has 1 fully saturated rings. The largest absolute Gasteiger partial charge is 0.352 e. The monoisotopic (exact) mass is 318 g/mol. The van der Waals surface area contributed by atoms with Crippen LogP contribution in [0.4, 0.5) is 0 Å². The first-order valence-corrected chi connectivity index (χ1v) is 9.88. The molecule has 1 aliphatic rings. The first-order chi connectivity index (χ1) is 9.79. The Morgan fingerprint density at radius 1 is 1.19 bits per heavy atom. The minimum Gasteiger partial charge on any atom is -0.352 e. The maximum Gasteiger partial charge on any atom is 0.235 e. The van der Waals surface area contributed by atoms with E-state index in [0.29, 0.717) is 12.5 Å². The van der Waals surface area contributed by atoms with Crippen LogP contribution in [-0.4, -0.2) is 44.0 Å². The lowest BCUT2D eigenvalue weighted by Gasteiger charge is -2.22. The summed E-state index contributed by atoms with van der Waals surface area (Å²) in [6, 6.07) is 0.214. The Kier molecular flexibility index (Phi) is 7.66. The topological polar surface area (TPSA) is 66.5 Å². The summed E-state index contributed by atoms with van der Waals surface area (Å²) in [6.07, 6.45) is 8.72. The van der Waals surface area contributed by atoms with Gasteiger partial charge >= 0.3 is 0 Å². The van der Waals surface area contributed by atoms with Crippen molar-refractivity contribution in [2.75, 3.05) is 19.3 Å². The van der Waals surface area contributed by atoms with Gasteiger partial charge in [0, 0.05) is 12.6 Å². The van der Waals surface area contributed by atoms with Crippen molar-refractivity contribution >= 4 is 15.9 Å². The fourth-order valence-electron chi connectivity index (χ4n) is 2.62. The molecule has 0 aromatic carbocycles. The molecule has 1 N–H and O–H groups in total. The predicted molar refractivity (Wildman–Crippen MR) is 85.5 cm³/mol. The summed E-state index contributed by atoms with van der Waals surface area (Å²) in [6.45, 7) is 4.45. The van der Waals surface area contributed by atoms with Gasteiger partial charge in [0.2, 0.25) is 15.9 Å². The van der Waals surface area contributed by atoms with Gasteiger partial charge in [-0.2, -0.15) is 4.31 Å². The zero-order valence-corrected chi connectivity index (χ0v) is 14.4. The zero-order valence-electron chi connectivity index (χ0n) is 13.6. The Hall–Kier alpha value is -0.620. The van der Waals surface area contributed by atoms with Gasteiger partial charge in [-0.3, -0.25) is 4.79 Å². The van der Waals surface area contributed by atoms with Crippen molar-refractivity contribution in [3.63, 3.8) is 0 Å². The van der Waals surface area contributed by atoms with E-state index in [1.807, 2.05) is 13.8 Å². The molecular formula is C15H30N2O3S. The van der Waals surface area contributed by atoms with Crippen LogP contribution >= 0.6 is 0 Å². The van der Waals surface area contributed by atoms with Crippen molar-refractivity contribution in [3.8, 4) is 0 Å². The summed E-state index contributed by atoms with van der Waals surface area (Å²) in [5.74, 6) is 0.246. The van der Waals surface area contributed by atoms with Crippen LogP contribution in [0, 0.1) is 5.92 Å². The SMILES string of the molecule is CC(C)CCN(CC(=O)NC1CCCCCC1)S(C)(=O)=O. The first-order valence-electron chi connectivity index (χ1n) is 8.03. The summed E-state index contributed by atoms with van der Waals surface area (Å²) >= 11 is 0. The Balaban J connectivity index is 2.50. The van der Waals surface area contributed by atoms with Gasteiger partial charge in [0.25, 0.3) is 0 Å². The molecular weight excluding hydrogens is 288 g/mol. The quantitative estimate of drug-likeness (QED) is 0.731. The molecule has 0 heterocycles. The van der Waals surface area contributed by atoms with E-state index in [-0.39, 0.29) is 18.5 Å². The molecule has 1 saturated carbocycles. The molecule has 1 amide bonds. The summed E-state index contributed by atoms with van der Waals surface area (Å²) in [4.78, 5) is 12.1. The van der Waals surface area contributed by atoms with E-state index in [2.05, 4.69) is 5.32 Å². The van der Waals surface area contributed by atoms with Gasteiger partial charge in [-0.25, -0.2) is 8.42 Å². The van der Waals surface area contributed by atoms with Crippen LogP contribution < -0.4 is 5.32 Å². The lowest BCUT2D eigenvalue weighted by molar-refractivity contribution is -0.122. The number of hydrogen-bond donors (Lipinski definition) is 1. The van der Waals surface area contributed by atoms with Crippen LogP contribution in [0.1, 0.15) is 58.8 Å². The molecule has 0 radical (unpaired) electrons. The predicted octanol–water partition coefficient (Wildman–Crippen LogP) is 2.13. The van der Waals surface area contributed by atoms with Crippen LogP contribution in [0.2, 0.25) is 0 Å². The minimum atomic E-state index is -3.33. The van der Waals surface area contributed by atoms with E-state index in [4.69, 9.17) is 0 Å². The number of rotatable bonds is 7. The van der Waals surface area contributed by atoms with Gasteiger partial charge in [-0.15, -0.1) is 0 Å². The van der Waals surface area contributed by atoms with Crippen LogP contribution in [0.25, 0.3) is 0 Å². The van der Waals surface area contributed by atoms with Crippen LogP contribution in [-0.2, 0) is 14.8 Å². The van der Waals surface area contributed by atoms with Crippen LogP contribution in [0.3, 0.4) is 0 Å². The third-order valence-corrected chi connectivity index (χ3v) is 5.21. The highest BCUT2D eigenvalue weighted by molar-refractivity contribution is 7.88. The normalized spacial score (nSPS) is 18.0. The molecule has 1 rings (SSSR count). The van der Waals surface area contributed by atoms with Crippen LogP contribution in [0.5, 0.6) is 0 Å². The van der Waals surface area contributed by atoms with Crippen molar-refractivity contribution in [2.45, 2.75) is 64.8 Å². The smallest absolute Gasteiger partial charge is 0.235 e. The average molecular weight is 318 g/mol. The third kappa shape index (κ3) is 7.81. The average Bonchev–Trinajstić information content (AvgIpc) is 2.61. The van der Waals surface area contributed by atoms with Crippen molar-refractivity contribution in [1.82, 2.24) is 9.62 Å². The Morgan fingerprint density at radius 3 is 2.24 bits per heavy atom. The number of nitrogens with one attached hydrogen (secondary N) is 1. The molecule has 124 valence electrons. The van der Waals surface area contributed by atoms with Gasteiger partial charge in [0.1, 0.15) is 0 Å². The molecule has 0 spiro atoms. The Labute approximate surface area is 129 Å². The first kappa shape index (κ1) is 18.4. The molecule has 0 aromatic heterocycles. The van der Waals surface area contributed by atoms with E-state index in [1.165, 1.54) is 23.4 Å². The van der Waals surface area contributed by atoms with Gasteiger partial charge in [0.15, 0.2) is 0 Å². The second-order valence-electron chi connectivity index (χ2n) is 6.54.